The maximum absolute atomic E-state index is 5.15. The molecule has 3 heterocycles. The zero-order valence-electron chi connectivity index (χ0n) is 35.9. The Morgan fingerprint density at radius 2 is 1.03 bits per heavy atom. The van der Waals surface area contributed by atoms with Gasteiger partial charge in [-0.1, -0.05) is 158 Å². The number of hydrogen-bond donors (Lipinski definition) is 0. The summed E-state index contributed by atoms with van der Waals surface area (Å²) >= 11 is 1.93. The Hall–Kier alpha value is -8.18. The van der Waals surface area contributed by atoms with Crippen LogP contribution in [0.5, 0.6) is 0 Å². The molecular formula is C62H39N3S. The summed E-state index contributed by atoms with van der Waals surface area (Å²) in [5, 5.41) is 8.01. The van der Waals surface area contributed by atoms with Crippen LogP contribution in [0.2, 0.25) is 0 Å². The lowest BCUT2D eigenvalue weighted by Gasteiger charge is -2.12. The average Bonchev–Trinajstić information content (AvgIpc) is 4.05. The maximum atomic E-state index is 5.15. The highest BCUT2D eigenvalue weighted by molar-refractivity contribution is 7.26. The first-order chi connectivity index (χ1) is 32.7. The molecule has 0 unspecified atom stereocenters. The zero-order valence-corrected chi connectivity index (χ0v) is 36.7. The molecule has 4 heteroatoms. The first kappa shape index (κ1) is 37.2. The van der Waals surface area contributed by atoms with Gasteiger partial charge in [0.05, 0.1) is 22.4 Å². The summed E-state index contributed by atoms with van der Waals surface area (Å²) in [6, 6.07) is 72.7. The molecule has 0 aliphatic heterocycles. The van der Waals surface area contributed by atoms with E-state index < -0.39 is 0 Å². The van der Waals surface area contributed by atoms with Crippen LogP contribution in [-0.4, -0.2) is 14.5 Å². The van der Waals surface area contributed by atoms with Crippen LogP contribution in [0.3, 0.4) is 0 Å². The quantitative estimate of drug-likeness (QED) is 0.167. The van der Waals surface area contributed by atoms with Crippen LogP contribution in [0.25, 0.3) is 126 Å². The van der Waals surface area contributed by atoms with Crippen molar-refractivity contribution >= 4 is 75.2 Å². The van der Waals surface area contributed by atoms with Crippen LogP contribution in [0.15, 0.2) is 212 Å². The third-order valence-electron chi connectivity index (χ3n) is 13.9. The van der Waals surface area contributed by atoms with E-state index in [4.69, 9.17) is 9.97 Å². The van der Waals surface area contributed by atoms with E-state index in [1.54, 1.807) is 0 Å². The van der Waals surface area contributed by atoms with Crippen molar-refractivity contribution < 1.29 is 0 Å². The van der Waals surface area contributed by atoms with E-state index in [0.29, 0.717) is 5.82 Å². The second kappa shape index (κ2) is 14.7. The molecule has 0 bridgehead atoms. The first-order valence-electron chi connectivity index (χ1n) is 22.8. The minimum Gasteiger partial charge on any atom is -0.309 e. The minimum absolute atomic E-state index is 0.707. The first-order valence-corrected chi connectivity index (χ1v) is 23.6. The lowest BCUT2D eigenvalue weighted by molar-refractivity contribution is 1.06. The van der Waals surface area contributed by atoms with Gasteiger partial charge in [0.25, 0.3) is 0 Å². The molecule has 3 nitrogen and oxygen atoms in total. The molecule has 0 radical (unpaired) electrons. The molecule has 66 heavy (non-hydrogen) atoms. The van der Waals surface area contributed by atoms with Gasteiger partial charge in [0.15, 0.2) is 5.82 Å². The van der Waals surface area contributed by atoms with E-state index in [0.717, 1.165) is 46.6 Å². The number of rotatable bonds is 6. The molecule has 3 aromatic heterocycles. The fraction of sp³-hybridized carbons (Fsp3) is 0.0323. The Bertz CT molecular complexity index is 4000. The van der Waals surface area contributed by atoms with E-state index >= 15 is 0 Å². The third-order valence-corrected chi connectivity index (χ3v) is 15.0. The number of para-hydroxylation sites is 1. The van der Waals surface area contributed by atoms with Gasteiger partial charge >= 0.3 is 0 Å². The maximum Gasteiger partial charge on any atom is 0.160 e. The average molecular weight is 858 g/mol. The molecule has 2 aliphatic rings. The van der Waals surface area contributed by atoms with Gasteiger partial charge in [0.2, 0.25) is 0 Å². The van der Waals surface area contributed by atoms with Crippen LogP contribution < -0.4 is 0 Å². The number of allylic oxidation sites excluding steroid dienone is 4. The monoisotopic (exact) mass is 857 g/mol. The lowest BCUT2D eigenvalue weighted by atomic mass is 9.94. The standard InChI is InChI=1S/C62H39N3S/c1-3-12-38(13-4-1)39-22-24-40(25-23-39)54-37-55(64-62(63-54)42-14-5-2-6-15-42)41-26-30-45(31-27-41)65-56-21-10-9-18-48(56)51-34-43(28-32-57(51)65)44-29-33-58-53(35-44)61-50-20-11-19-49-46-16-7-8-17-47(46)52(60(49)50)36-59(61)66-58/h1-7,9-16,18-37H,8,17H2. The lowest BCUT2D eigenvalue weighted by Crippen LogP contribution is -1.97. The molecule has 14 rings (SSSR count). The Balaban J connectivity index is 0.846. The second-order valence-electron chi connectivity index (χ2n) is 17.6. The van der Waals surface area contributed by atoms with Crippen molar-refractivity contribution in [2.45, 2.75) is 12.8 Å². The Kier molecular flexibility index (Phi) is 8.28. The van der Waals surface area contributed by atoms with Crippen LogP contribution in [-0.2, 0) is 0 Å². The van der Waals surface area contributed by atoms with E-state index in [1.807, 2.05) is 29.5 Å². The summed E-state index contributed by atoms with van der Waals surface area (Å²) in [7, 11) is 0. The SMILES string of the molecule is C1=CC2=C(CC1)c1cc3sc4ccc(-c5ccc6c(c5)c5ccccc5n6-c5ccc(-c6cc(-c7ccc(-c8ccccc8)cc7)nc(-c7ccccc7)n6)cc5)cc4c3c3cccc2c13. The molecule has 0 saturated heterocycles. The highest BCUT2D eigenvalue weighted by atomic mass is 32.1. The van der Waals surface area contributed by atoms with Crippen molar-refractivity contribution in [1.82, 2.24) is 14.5 Å². The summed E-state index contributed by atoms with van der Waals surface area (Å²) < 4.78 is 5.11. The van der Waals surface area contributed by atoms with Crippen molar-refractivity contribution in [3.05, 3.63) is 223 Å². The van der Waals surface area contributed by atoms with Crippen LogP contribution in [0.4, 0.5) is 0 Å². The van der Waals surface area contributed by atoms with Gasteiger partial charge in [-0.25, -0.2) is 9.97 Å². The molecule has 12 aromatic rings. The van der Waals surface area contributed by atoms with Gasteiger partial charge in [-0.2, -0.15) is 0 Å². The van der Waals surface area contributed by atoms with Crippen LogP contribution in [0.1, 0.15) is 24.0 Å². The fourth-order valence-electron chi connectivity index (χ4n) is 10.7. The number of nitrogens with zero attached hydrogens (tertiary/aromatic N) is 3. The number of aromatic nitrogens is 3. The van der Waals surface area contributed by atoms with Gasteiger partial charge in [0.1, 0.15) is 0 Å². The zero-order chi connectivity index (χ0) is 43.3. The van der Waals surface area contributed by atoms with Crippen molar-refractivity contribution in [3.8, 4) is 61.8 Å². The number of benzene rings is 9. The van der Waals surface area contributed by atoms with Crippen LogP contribution >= 0.6 is 11.3 Å². The Labute approximate surface area is 385 Å². The number of thiophene rings is 1. The van der Waals surface area contributed by atoms with Crippen molar-refractivity contribution in [1.29, 1.82) is 0 Å². The molecule has 9 aromatic carbocycles. The highest BCUT2D eigenvalue weighted by Gasteiger charge is 2.26. The molecule has 0 saturated carbocycles. The van der Waals surface area contributed by atoms with Crippen molar-refractivity contribution in [2.75, 3.05) is 0 Å². The Morgan fingerprint density at radius 3 is 1.82 bits per heavy atom. The van der Waals surface area contributed by atoms with E-state index in [9.17, 15) is 0 Å². The Morgan fingerprint density at radius 1 is 0.409 bits per heavy atom. The van der Waals surface area contributed by atoms with Gasteiger partial charge in [-0.15, -0.1) is 11.3 Å². The molecule has 0 amide bonds. The minimum atomic E-state index is 0.707. The molecule has 0 atom stereocenters. The molecule has 2 aliphatic carbocycles. The molecular weight excluding hydrogens is 819 g/mol. The summed E-state index contributed by atoms with van der Waals surface area (Å²) in [6.07, 6.45) is 6.92. The topological polar surface area (TPSA) is 30.7 Å². The predicted molar refractivity (Wildman–Crippen MR) is 279 cm³/mol. The van der Waals surface area contributed by atoms with Gasteiger partial charge in [-0.05, 0) is 123 Å². The number of hydrogen-bond acceptors (Lipinski definition) is 3. The fourth-order valence-corrected chi connectivity index (χ4v) is 11.9. The van der Waals surface area contributed by atoms with E-state index in [-0.39, 0.29) is 0 Å². The normalized spacial score (nSPS) is 13.2. The van der Waals surface area contributed by atoms with Crippen LogP contribution in [0, 0.1) is 0 Å². The third kappa shape index (κ3) is 5.82. The molecule has 0 spiro atoms. The molecule has 0 fully saturated rings. The van der Waals surface area contributed by atoms with Gasteiger partial charge in [0, 0.05) is 53.3 Å². The summed E-state index contributed by atoms with van der Waals surface area (Å²) in [4.78, 5) is 10.2. The van der Waals surface area contributed by atoms with E-state index in [2.05, 4.69) is 199 Å². The summed E-state index contributed by atoms with van der Waals surface area (Å²) in [5.74, 6) is 0.707. The molecule has 0 N–H and O–H groups in total. The summed E-state index contributed by atoms with van der Waals surface area (Å²) in [6.45, 7) is 0. The van der Waals surface area contributed by atoms with Crippen molar-refractivity contribution in [2.24, 2.45) is 0 Å². The summed E-state index contributed by atoms with van der Waals surface area (Å²) in [5.41, 5.74) is 18.9. The smallest absolute Gasteiger partial charge is 0.160 e. The largest absolute Gasteiger partial charge is 0.309 e. The molecule has 308 valence electrons. The van der Waals surface area contributed by atoms with Gasteiger partial charge < -0.3 is 4.57 Å². The van der Waals surface area contributed by atoms with Gasteiger partial charge in [-0.3, -0.25) is 0 Å². The number of fused-ring (bicyclic) bond motifs is 9. The highest BCUT2D eigenvalue weighted by Crippen LogP contribution is 2.51. The van der Waals surface area contributed by atoms with E-state index in [1.165, 1.54) is 97.3 Å². The van der Waals surface area contributed by atoms with Crippen molar-refractivity contribution in [3.63, 3.8) is 0 Å². The predicted octanol–water partition coefficient (Wildman–Crippen LogP) is 17.0. The second-order valence-corrected chi connectivity index (χ2v) is 18.7.